The van der Waals surface area contributed by atoms with Crippen LogP contribution in [-0.4, -0.2) is 50.8 Å². The molecule has 164 valence electrons. The number of carbonyl (C=O) groups excluding carboxylic acids is 1. The van der Waals surface area contributed by atoms with Gasteiger partial charge in [-0.2, -0.15) is 0 Å². The zero-order chi connectivity index (χ0) is 22.5. The third-order valence-corrected chi connectivity index (χ3v) is 5.52. The van der Waals surface area contributed by atoms with Crippen LogP contribution < -0.4 is 0 Å². The summed E-state index contributed by atoms with van der Waals surface area (Å²) in [5, 5.41) is 41.2. The van der Waals surface area contributed by atoms with Crippen LogP contribution in [0.4, 0.5) is 0 Å². The summed E-state index contributed by atoms with van der Waals surface area (Å²) in [6.07, 6.45) is 1.87. The monoisotopic (exact) mass is 424 g/mol. The first kappa shape index (κ1) is 22.7. The number of phenols is 1. The molecule has 2 aromatic carbocycles. The van der Waals surface area contributed by atoms with Crippen molar-refractivity contribution in [2.24, 2.45) is 5.92 Å². The predicted octanol–water partition coefficient (Wildman–Crippen LogP) is 3.30. The standard InChI is InChI=1S/C25H28O6/c1-15-11-12-21(27)24(29)20(26)10-6-9-18-13-19(17-7-4-3-5-8-17)14-22(28)23(18)25(30)31-16(15)2/h3-9,11-16,20-21,24,26-29H,10H2,1-2H3/b9-6+,12-11-/t15-,16+,20+,21?,24+/m1/s1. The number of cyclic esters (lactones) is 1. The van der Waals surface area contributed by atoms with Crippen molar-refractivity contribution >= 4 is 12.0 Å². The second-order valence-corrected chi connectivity index (χ2v) is 7.87. The fourth-order valence-electron chi connectivity index (χ4n) is 3.40. The summed E-state index contributed by atoms with van der Waals surface area (Å²) in [4.78, 5) is 12.9. The van der Waals surface area contributed by atoms with Crippen LogP contribution in [-0.2, 0) is 4.74 Å². The fourth-order valence-corrected chi connectivity index (χ4v) is 3.40. The lowest BCUT2D eigenvalue weighted by Gasteiger charge is -2.22. The quantitative estimate of drug-likeness (QED) is 0.413. The Morgan fingerprint density at radius 3 is 2.39 bits per heavy atom. The number of aliphatic hydroxyl groups excluding tert-OH is 3. The van der Waals surface area contributed by atoms with Crippen molar-refractivity contribution in [3.05, 3.63) is 71.8 Å². The van der Waals surface area contributed by atoms with Gasteiger partial charge in [0.25, 0.3) is 0 Å². The molecule has 3 rings (SSSR count). The highest BCUT2D eigenvalue weighted by Crippen LogP contribution is 2.32. The van der Waals surface area contributed by atoms with Crippen molar-refractivity contribution in [3.8, 4) is 16.9 Å². The van der Waals surface area contributed by atoms with Crippen LogP contribution in [0.2, 0.25) is 0 Å². The van der Waals surface area contributed by atoms with Crippen LogP contribution in [0, 0.1) is 5.92 Å². The molecule has 1 aliphatic heterocycles. The number of hydrogen-bond donors (Lipinski definition) is 4. The normalized spacial score (nSPS) is 29.3. The number of aliphatic hydroxyl groups is 3. The van der Waals surface area contributed by atoms with Gasteiger partial charge in [0.15, 0.2) is 0 Å². The lowest BCUT2D eigenvalue weighted by molar-refractivity contribution is -0.0395. The molecule has 0 amide bonds. The smallest absolute Gasteiger partial charge is 0.342 e. The average Bonchev–Trinajstić information content (AvgIpc) is 2.76. The first-order valence-electron chi connectivity index (χ1n) is 10.3. The minimum absolute atomic E-state index is 0.0334. The average molecular weight is 424 g/mol. The summed E-state index contributed by atoms with van der Waals surface area (Å²) >= 11 is 0. The lowest BCUT2D eigenvalue weighted by Crippen LogP contribution is -2.36. The first-order valence-corrected chi connectivity index (χ1v) is 10.3. The van der Waals surface area contributed by atoms with Gasteiger partial charge < -0.3 is 25.2 Å². The van der Waals surface area contributed by atoms with Crippen molar-refractivity contribution in [3.63, 3.8) is 0 Å². The van der Waals surface area contributed by atoms with Gasteiger partial charge in [-0.05, 0) is 42.2 Å². The van der Waals surface area contributed by atoms with Crippen molar-refractivity contribution in [2.45, 2.75) is 44.7 Å². The van der Waals surface area contributed by atoms with Crippen molar-refractivity contribution in [1.82, 2.24) is 0 Å². The van der Waals surface area contributed by atoms with E-state index in [4.69, 9.17) is 4.74 Å². The van der Waals surface area contributed by atoms with Gasteiger partial charge >= 0.3 is 5.97 Å². The molecule has 6 nitrogen and oxygen atoms in total. The van der Waals surface area contributed by atoms with Crippen LogP contribution in [0.25, 0.3) is 17.2 Å². The number of esters is 1. The second kappa shape index (κ2) is 9.92. The predicted molar refractivity (Wildman–Crippen MR) is 118 cm³/mol. The SMILES string of the molecule is C[C@@H]1/C=C\C(O)[C@@H](O)[C@@H](O)C/C=C/c2cc(-c3ccccc3)cc(O)c2C(=O)O[C@H]1C. The molecule has 0 saturated carbocycles. The molecule has 1 unspecified atom stereocenters. The van der Waals surface area contributed by atoms with Gasteiger partial charge in [0.2, 0.25) is 0 Å². The Bertz CT molecular complexity index is 965. The summed E-state index contributed by atoms with van der Waals surface area (Å²) in [5.74, 6) is -1.14. The minimum Gasteiger partial charge on any atom is -0.507 e. The molecule has 31 heavy (non-hydrogen) atoms. The topological polar surface area (TPSA) is 107 Å². The number of carbonyl (C=O) groups is 1. The van der Waals surface area contributed by atoms with Gasteiger partial charge in [0.05, 0.1) is 6.10 Å². The van der Waals surface area contributed by atoms with E-state index in [9.17, 15) is 25.2 Å². The van der Waals surface area contributed by atoms with Crippen LogP contribution >= 0.6 is 0 Å². The Morgan fingerprint density at radius 2 is 1.68 bits per heavy atom. The number of aromatic hydroxyl groups is 1. The fraction of sp³-hybridized carbons (Fsp3) is 0.320. The molecule has 5 atom stereocenters. The van der Waals surface area contributed by atoms with E-state index in [1.165, 1.54) is 12.1 Å². The summed E-state index contributed by atoms with van der Waals surface area (Å²) in [6, 6.07) is 12.7. The highest BCUT2D eigenvalue weighted by Gasteiger charge is 2.25. The van der Waals surface area contributed by atoms with Crippen LogP contribution in [0.15, 0.2) is 60.7 Å². The number of benzene rings is 2. The Kier molecular flexibility index (Phi) is 7.28. The number of ether oxygens (including phenoxy) is 1. The van der Waals surface area contributed by atoms with Crippen molar-refractivity contribution < 1.29 is 30.0 Å². The van der Waals surface area contributed by atoms with E-state index in [1.807, 2.05) is 30.3 Å². The van der Waals surface area contributed by atoms with Crippen molar-refractivity contribution in [2.75, 3.05) is 0 Å². The van der Waals surface area contributed by atoms with Crippen LogP contribution in [0.1, 0.15) is 36.2 Å². The highest BCUT2D eigenvalue weighted by atomic mass is 16.5. The molecule has 0 radical (unpaired) electrons. The van der Waals surface area contributed by atoms with E-state index in [0.29, 0.717) is 5.56 Å². The van der Waals surface area contributed by atoms with Crippen LogP contribution in [0.3, 0.4) is 0 Å². The van der Waals surface area contributed by atoms with Gasteiger partial charge in [0.1, 0.15) is 29.6 Å². The molecule has 0 fully saturated rings. The molecule has 0 saturated heterocycles. The summed E-state index contributed by atoms with van der Waals surface area (Å²) in [7, 11) is 0. The molecule has 4 N–H and O–H groups in total. The van der Waals surface area contributed by atoms with E-state index in [-0.39, 0.29) is 23.7 Å². The third-order valence-electron chi connectivity index (χ3n) is 5.52. The van der Waals surface area contributed by atoms with Gasteiger partial charge in [-0.1, -0.05) is 61.6 Å². The maximum atomic E-state index is 12.9. The molecular weight excluding hydrogens is 396 g/mol. The highest BCUT2D eigenvalue weighted by molar-refractivity contribution is 5.98. The zero-order valence-corrected chi connectivity index (χ0v) is 17.6. The Morgan fingerprint density at radius 1 is 0.968 bits per heavy atom. The molecule has 0 aromatic heterocycles. The number of phenolic OH excluding ortho intramolecular Hbond substituents is 1. The molecule has 0 aliphatic carbocycles. The second-order valence-electron chi connectivity index (χ2n) is 7.87. The molecule has 1 heterocycles. The molecule has 0 bridgehead atoms. The van der Waals surface area contributed by atoms with E-state index in [0.717, 1.165) is 11.1 Å². The number of hydrogen-bond acceptors (Lipinski definition) is 6. The van der Waals surface area contributed by atoms with Gasteiger partial charge in [0, 0.05) is 5.92 Å². The Hall–Kier alpha value is -2.93. The van der Waals surface area contributed by atoms with Gasteiger partial charge in [-0.15, -0.1) is 0 Å². The number of fused-ring (bicyclic) bond motifs is 1. The Balaban J connectivity index is 2.07. The first-order chi connectivity index (χ1) is 14.8. The maximum absolute atomic E-state index is 12.9. The van der Waals surface area contributed by atoms with Crippen molar-refractivity contribution in [1.29, 1.82) is 0 Å². The molecule has 0 spiro atoms. The van der Waals surface area contributed by atoms with Gasteiger partial charge in [-0.3, -0.25) is 0 Å². The maximum Gasteiger partial charge on any atom is 0.342 e. The molecule has 6 heteroatoms. The zero-order valence-electron chi connectivity index (χ0n) is 17.6. The van der Waals surface area contributed by atoms with E-state index in [1.54, 1.807) is 38.1 Å². The number of rotatable bonds is 1. The Labute approximate surface area is 181 Å². The van der Waals surface area contributed by atoms with E-state index >= 15 is 0 Å². The lowest BCUT2D eigenvalue weighted by atomic mass is 9.96. The largest absolute Gasteiger partial charge is 0.507 e. The minimum atomic E-state index is -1.36. The third kappa shape index (κ3) is 5.41. The molecule has 1 aliphatic rings. The van der Waals surface area contributed by atoms with Gasteiger partial charge in [-0.25, -0.2) is 4.79 Å². The van der Waals surface area contributed by atoms with Crippen LogP contribution in [0.5, 0.6) is 5.75 Å². The van der Waals surface area contributed by atoms with E-state index < -0.39 is 30.4 Å². The molecular formula is C25H28O6. The molecule has 2 aromatic rings. The summed E-state index contributed by atoms with van der Waals surface area (Å²) in [6.45, 7) is 3.51. The summed E-state index contributed by atoms with van der Waals surface area (Å²) in [5.41, 5.74) is 2.05. The van der Waals surface area contributed by atoms with E-state index in [2.05, 4.69) is 0 Å². The summed E-state index contributed by atoms with van der Waals surface area (Å²) < 4.78 is 5.57.